The Morgan fingerprint density at radius 3 is 3.00 bits per heavy atom. The van der Waals surface area contributed by atoms with Crippen LogP contribution in [0.25, 0.3) is 0 Å². The smallest absolute Gasteiger partial charge is 0.276 e. The monoisotopic (exact) mass is 223 g/mol. The van der Waals surface area contributed by atoms with Gasteiger partial charge in [0.1, 0.15) is 6.26 Å². The first-order valence-electron chi connectivity index (χ1n) is 5.46. The van der Waals surface area contributed by atoms with E-state index in [1.54, 1.807) is 11.0 Å². The lowest BCUT2D eigenvalue weighted by Crippen LogP contribution is -2.54. The number of piperidine rings is 1. The van der Waals surface area contributed by atoms with Crippen LogP contribution in [0.3, 0.4) is 0 Å². The molecule has 5 nitrogen and oxygen atoms in total. The van der Waals surface area contributed by atoms with Crippen LogP contribution in [0.1, 0.15) is 30.8 Å². The van der Waals surface area contributed by atoms with Crippen molar-refractivity contribution in [2.45, 2.75) is 26.3 Å². The van der Waals surface area contributed by atoms with E-state index in [0.29, 0.717) is 18.8 Å². The van der Waals surface area contributed by atoms with Gasteiger partial charge in [0.15, 0.2) is 5.69 Å². The zero-order chi connectivity index (χ0) is 11.8. The minimum atomic E-state index is -0.0753. The van der Waals surface area contributed by atoms with E-state index in [0.717, 1.165) is 6.42 Å². The van der Waals surface area contributed by atoms with Crippen molar-refractivity contribution in [3.05, 3.63) is 18.0 Å². The molecule has 0 bridgehead atoms. The molecular formula is C11H17N3O2. The molecule has 5 heteroatoms. The summed E-state index contributed by atoms with van der Waals surface area (Å²) in [5, 5.41) is 3.66. The maximum atomic E-state index is 12.0. The van der Waals surface area contributed by atoms with Crippen molar-refractivity contribution in [3.63, 3.8) is 0 Å². The number of carbonyl (C=O) groups is 1. The maximum absolute atomic E-state index is 12.0. The quantitative estimate of drug-likeness (QED) is 0.767. The predicted molar refractivity (Wildman–Crippen MR) is 58.8 cm³/mol. The Labute approximate surface area is 94.6 Å². The molecule has 1 fully saturated rings. The Hall–Kier alpha value is -1.36. The fourth-order valence-electron chi connectivity index (χ4n) is 2.03. The molecule has 2 rings (SSSR count). The topological polar surface area (TPSA) is 72.4 Å². The van der Waals surface area contributed by atoms with Crippen LogP contribution >= 0.6 is 0 Å². The van der Waals surface area contributed by atoms with Gasteiger partial charge < -0.3 is 15.2 Å². The summed E-state index contributed by atoms with van der Waals surface area (Å²) in [5.41, 5.74) is 6.34. The van der Waals surface area contributed by atoms with Crippen LogP contribution in [0.5, 0.6) is 0 Å². The van der Waals surface area contributed by atoms with E-state index in [1.807, 2.05) is 0 Å². The molecule has 1 atom stereocenters. The van der Waals surface area contributed by atoms with Gasteiger partial charge in [-0.1, -0.05) is 19.0 Å². The first-order chi connectivity index (χ1) is 7.50. The summed E-state index contributed by atoms with van der Waals surface area (Å²) in [6.07, 6.45) is 2.24. The van der Waals surface area contributed by atoms with Crippen molar-refractivity contribution in [3.8, 4) is 0 Å². The standard InChI is InChI=1S/C11H17N3O2/c1-11(2)7-14(5-3-9(11)12)10(15)8-4-6-16-13-8/h4,6,9H,3,5,7,12H2,1-2H3. The highest BCUT2D eigenvalue weighted by molar-refractivity contribution is 5.92. The van der Waals surface area contributed by atoms with Crippen LogP contribution < -0.4 is 5.73 Å². The largest absolute Gasteiger partial charge is 0.364 e. The Morgan fingerprint density at radius 2 is 2.44 bits per heavy atom. The summed E-state index contributed by atoms with van der Waals surface area (Å²) in [7, 11) is 0. The highest BCUT2D eigenvalue weighted by atomic mass is 16.5. The second-order valence-electron chi connectivity index (χ2n) is 5.00. The highest BCUT2D eigenvalue weighted by Gasteiger charge is 2.36. The van der Waals surface area contributed by atoms with Gasteiger partial charge in [0, 0.05) is 25.2 Å². The van der Waals surface area contributed by atoms with E-state index < -0.39 is 0 Å². The first-order valence-corrected chi connectivity index (χ1v) is 5.46. The molecule has 1 unspecified atom stereocenters. The van der Waals surface area contributed by atoms with Crippen molar-refractivity contribution >= 4 is 5.91 Å². The minimum Gasteiger partial charge on any atom is -0.364 e. The zero-order valence-corrected chi connectivity index (χ0v) is 9.64. The van der Waals surface area contributed by atoms with Gasteiger partial charge in [-0.05, 0) is 11.8 Å². The second-order valence-corrected chi connectivity index (χ2v) is 5.00. The van der Waals surface area contributed by atoms with Crippen LogP contribution in [0.15, 0.2) is 16.9 Å². The number of hydrogen-bond donors (Lipinski definition) is 1. The second kappa shape index (κ2) is 3.90. The van der Waals surface area contributed by atoms with Gasteiger partial charge >= 0.3 is 0 Å². The van der Waals surface area contributed by atoms with Gasteiger partial charge in [0.25, 0.3) is 5.91 Å². The predicted octanol–water partition coefficient (Wildman–Crippen LogP) is 0.874. The maximum Gasteiger partial charge on any atom is 0.276 e. The summed E-state index contributed by atoms with van der Waals surface area (Å²) >= 11 is 0. The molecule has 2 heterocycles. The fraction of sp³-hybridized carbons (Fsp3) is 0.636. The zero-order valence-electron chi connectivity index (χ0n) is 9.64. The van der Waals surface area contributed by atoms with Crippen LogP contribution in [-0.4, -0.2) is 35.1 Å². The molecule has 1 aliphatic heterocycles. The van der Waals surface area contributed by atoms with Crippen LogP contribution in [0.4, 0.5) is 0 Å². The Bertz CT molecular complexity index is 373. The average molecular weight is 223 g/mol. The Morgan fingerprint density at radius 1 is 1.69 bits per heavy atom. The molecule has 88 valence electrons. The van der Waals surface area contributed by atoms with E-state index in [4.69, 9.17) is 5.73 Å². The Kier molecular flexibility index (Phi) is 2.71. The number of amides is 1. The van der Waals surface area contributed by atoms with Gasteiger partial charge in [-0.2, -0.15) is 0 Å². The van der Waals surface area contributed by atoms with Crippen LogP contribution in [0, 0.1) is 5.41 Å². The number of nitrogens with zero attached hydrogens (tertiary/aromatic N) is 2. The molecule has 0 aliphatic carbocycles. The number of rotatable bonds is 1. The minimum absolute atomic E-state index is 0.0440. The number of aromatic nitrogens is 1. The lowest BCUT2D eigenvalue weighted by atomic mass is 9.79. The molecule has 0 spiro atoms. The van der Waals surface area contributed by atoms with E-state index in [2.05, 4.69) is 23.5 Å². The van der Waals surface area contributed by atoms with E-state index in [-0.39, 0.29) is 17.4 Å². The molecule has 1 saturated heterocycles. The van der Waals surface area contributed by atoms with Gasteiger partial charge in [-0.15, -0.1) is 0 Å². The average Bonchev–Trinajstić information content (AvgIpc) is 2.74. The van der Waals surface area contributed by atoms with Gasteiger partial charge in [-0.25, -0.2) is 0 Å². The number of carbonyl (C=O) groups excluding carboxylic acids is 1. The third-order valence-electron chi connectivity index (χ3n) is 3.26. The van der Waals surface area contributed by atoms with Gasteiger partial charge in [0.2, 0.25) is 0 Å². The molecule has 2 N–H and O–H groups in total. The van der Waals surface area contributed by atoms with Crippen LogP contribution in [-0.2, 0) is 0 Å². The fourth-order valence-corrected chi connectivity index (χ4v) is 2.03. The van der Waals surface area contributed by atoms with Gasteiger partial charge in [-0.3, -0.25) is 4.79 Å². The molecule has 1 aromatic rings. The van der Waals surface area contributed by atoms with E-state index in [1.165, 1.54) is 6.26 Å². The number of nitrogens with two attached hydrogens (primary N) is 1. The van der Waals surface area contributed by atoms with Crippen molar-refractivity contribution in [1.82, 2.24) is 10.1 Å². The molecule has 0 saturated carbocycles. The normalized spacial score (nSPS) is 24.4. The molecule has 0 radical (unpaired) electrons. The first kappa shape index (κ1) is 11.1. The lowest BCUT2D eigenvalue weighted by molar-refractivity contribution is 0.0523. The summed E-state index contributed by atoms with van der Waals surface area (Å²) < 4.78 is 4.68. The van der Waals surface area contributed by atoms with Gasteiger partial charge in [0.05, 0.1) is 0 Å². The van der Waals surface area contributed by atoms with Crippen molar-refractivity contribution < 1.29 is 9.32 Å². The molecule has 1 aromatic heterocycles. The summed E-state index contributed by atoms with van der Waals surface area (Å²) in [4.78, 5) is 13.8. The van der Waals surface area contributed by atoms with E-state index >= 15 is 0 Å². The van der Waals surface area contributed by atoms with Crippen molar-refractivity contribution in [2.75, 3.05) is 13.1 Å². The Balaban J connectivity index is 2.10. The summed E-state index contributed by atoms with van der Waals surface area (Å²) in [6, 6.07) is 1.73. The van der Waals surface area contributed by atoms with Crippen molar-refractivity contribution in [1.29, 1.82) is 0 Å². The van der Waals surface area contributed by atoms with Crippen molar-refractivity contribution in [2.24, 2.45) is 11.1 Å². The molecule has 1 aliphatic rings. The SMILES string of the molecule is CC1(C)CN(C(=O)c2ccon2)CCC1N. The molecule has 16 heavy (non-hydrogen) atoms. The highest BCUT2D eigenvalue weighted by Crippen LogP contribution is 2.28. The van der Waals surface area contributed by atoms with E-state index in [9.17, 15) is 4.79 Å². The summed E-state index contributed by atoms with van der Waals surface area (Å²) in [6.45, 7) is 5.52. The number of likely N-dealkylation sites (tertiary alicyclic amines) is 1. The molecular weight excluding hydrogens is 206 g/mol. The third kappa shape index (κ3) is 1.95. The lowest BCUT2D eigenvalue weighted by Gasteiger charge is -2.42. The van der Waals surface area contributed by atoms with Crippen LogP contribution in [0.2, 0.25) is 0 Å². The number of hydrogen-bond acceptors (Lipinski definition) is 4. The summed E-state index contributed by atoms with van der Waals surface area (Å²) in [5.74, 6) is -0.0753. The molecule has 0 aromatic carbocycles. The molecule has 1 amide bonds. The third-order valence-corrected chi connectivity index (χ3v) is 3.26.